The molecular weight excluding hydrogens is 432 g/mol. The van der Waals surface area contributed by atoms with Crippen molar-refractivity contribution in [1.82, 2.24) is 14.4 Å². The van der Waals surface area contributed by atoms with Crippen molar-refractivity contribution in [1.29, 1.82) is 0 Å². The lowest BCUT2D eigenvalue weighted by Gasteiger charge is -2.37. The van der Waals surface area contributed by atoms with Gasteiger partial charge in [-0.25, -0.2) is 0 Å². The van der Waals surface area contributed by atoms with Crippen LogP contribution >= 0.6 is 0 Å². The van der Waals surface area contributed by atoms with Crippen LogP contribution in [0.4, 0.5) is 5.69 Å². The van der Waals surface area contributed by atoms with E-state index in [-0.39, 0.29) is 6.10 Å². The van der Waals surface area contributed by atoms with Crippen molar-refractivity contribution < 1.29 is 19.1 Å². The molecule has 0 aliphatic carbocycles. The van der Waals surface area contributed by atoms with Crippen LogP contribution in [-0.2, 0) is 23.0 Å². The number of carbonyl (C=O) groups excluding carboxylic acids is 2. The molecule has 0 saturated carbocycles. The van der Waals surface area contributed by atoms with Gasteiger partial charge < -0.3 is 23.8 Å². The predicted octanol–water partition coefficient (Wildman–Crippen LogP) is 2.22. The number of hydrogen-bond donors (Lipinski definition) is 0. The highest BCUT2D eigenvalue weighted by Crippen LogP contribution is 2.29. The van der Waals surface area contributed by atoms with Gasteiger partial charge in [0.05, 0.1) is 30.7 Å². The number of piperazine rings is 1. The lowest BCUT2D eigenvalue weighted by molar-refractivity contribution is -0.130. The van der Waals surface area contributed by atoms with E-state index in [1.165, 1.54) is 0 Å². The minimum atomic E-state index is -0.438. The summed E-state index contributed by atoms with van der Waals surface area (Å²) in [6, 6.07) is 12.0. The molecule has 0 unspecified atom stereocenters. The molecule has 2 fully saturated rings. The zero-order chi connectivity index (χ0) is 24.1. The van der Waals surface area contributed by atoms with E-state index in [0.29, 0.717) is 32.0 Å². The lowest BCUT2D eigenvalue weighted by Crippen LogP contribution is -2.47. The normalized spacial score (nSPS) is 17.3. The minimum absolute atomic E-state index is 0.147. The van der Waals surface area contributed by atoms with E-state index in [1.807, 2.05) is 29.8 Å². The summed E-state index contributed by atoms with van der Waals surface area (Å²) in [5, 5.41) is 0. The molecule has 0 radical (unpaired) electrons. The Hall–Kier alpha value is -2.84. The van der Waals surface area contributed by atoms with Crippen molar-refractivity contribution >= 4 is 17.4 Å². The van der Waals surface area contributed by atoms with Crippen LogP contribution in [0, 0.1) is 0 Å². The smallest absolute Gasteiger partial charge is 0.296 e. The average Bonchev–Trinajstić information content (AvgIpc) is 3.23. The van der Waals surface area contributed by atoms with Crippen LogP contribution in [-0.4, -0.2) is 91.2 Å². The number of amides is 1. The molecule has 2 aliphatic rings. The van der Waals surface area contributed by atoms with E-state index < -0.39 is 11.7 Å². The SMILES string of the molecule is CC(C)Oc1ccccc1N1CCN(CCc2ccc(C(=O)C(=O)N3CCOCC3)n2C)CC1. The molecule has 184 valence electrons. The van der Waals surface area contributed by atoms with Crippen LogP contribution in [0.25, 0.3) is 0 Å². The second kappa shape index (κ2) is 11.1. The largest absolute Gasteiger partial charge is 0.489 e. The maximum Gasteiger partial charge on any atom is 0.296 e. The number of anilines is 1. The van der Waals surface area contributed by atoms with Gasteiger partial charge in [-0.1, -0.05) is 12.1 Å². The van der Waals surface area contributed by atoms with E-state index in [0.717, 1.165) is 56.3 Å². The Morgan fingerprint density at radius 2 is 1.68 bits per heavy atom. The highest BCUT2D eigenvalue weighted by molar-refractivity contribution is 6.42. The van der Waals surface area contributed by atoms with E-state index in [1.54, 1.807) is 11.0 Å². The fourth-order valence-electron chi connectivity index (χ4n) is 4.61. The summed E-state index contributed by atoms with van der Waals surface area (Å²) in [5.74, 6) is 0.0685. The van der Waals surface area contributed by atoms with Gasteiger partial charge in [0.1, 0.15) is 5.75 Å². The van der Waals surface area contributed by atoms with E-state index in [9.17, 15) is 9.59 Å². The molecule has 4 rings (SSSR count). The van der Waals surface area contributed by atoms with Crippen molar-refractivity contribution in [3.8, 4) is 5.75 Å². The molecular formula is C26H36N4O4. The van der Waals surface area contributed by atoms with E-state index in [4.69, 9.17) is 9.47 Å². The Morgan fingerprint density at radius 3 is 2.38 bits per heavy atom. The highest BCUT2D eigenvalue weighted by atomic mass is 16.5. The van der Waals surface area contributed by atoms with Gasteiger partial charge in [-0.15, -0.1) is 0 Å². The Morgan fingerprint density at radius 1 is 0.971 bits per heavy atom. The first-order valence-electron chi connectivity index (χ1n) is 12.2. The van der Waals surface area contributed by atoms with Crippen molar-refractivity contribution in [2.45, 2.75) is 26.4 Å². The number of Topliss-reactive ketones (excluding diaryl/α,β-unsaturated/α-hetero) is 1. The second-order valence-electron chi connectivity index (χ2n) is 9.22. The summed E-state index contributed by atoms with van der Waals surface area (Å²) < 4.78 is 13.2. The number of ether oxygens (including phenoxy) is 2. The molecule has 1 aromatic carbocycles. The lowest BCUT2D eigenvalue weighted by atomic mass is 10.2. The van der Waals surface area contributed by atoms with Gasteiger partial charge in [-0.3, -0.25) is 14.5 Å². The summed E-state index contributed by atoms with van der Waals surface area (Å²) in [7, 11) is 1.87. The number of carbonyl (C=O) groups is 2. The highest BCUT2D eigenvalue weighted by Gasteiger charge is 2.27. The molecule has 1 aromatic heterocycles. The first kappa shape index (κ1) is 24.3. The molecule has 8 heteroatoms. The van der Waals surface area contributed by atoms with Crippen LogP contribution in [0.15, 0.2) is 36.4 Å². The monoisotopic (exact) mass is 468 g/mol. The molecule has 2 saturated heterocycles. The molecule has 2 aliphatic heterocycles. The van der Waals surface area contributed by atoms with Crippen LogP contribution in [0.5, 0.6) is 5.75 Å². The van der Waals surface area contributed by atoms with Crippen LogP contribution in [0.1, 0.15) is 30.0 Å². The Labute approximate surface area is 202 Å². The Balaban J connectivity index is 1.30. The number of rotatable bonds is 8. The first-order chi connectivity index (χ1) is 16.4. The fourth-order valence-corrected chi connectivity index (χ4v) is 4.61. The molecule has 34 heavy (non-hydrogen) atoms. The van der Waals surface area contributed by atoms with E-state index in [2.05, 4.69) is 35.8 Å². The van der Waals surface area contributed by atoms with Gasteiger partial charge in [-0.2, -0.15) is 0 Å². The summed E-state index contributed by atoms with van der Waals surface area (Å²) >= 11 is 0. The number of para-hydroxylation sites is 2. The summed E-state index contributed by atoms with van der Waals surface area (Å²) in [4.78, 5) is 31.8. The third-order valence-corrected chi connectivity index (χ3v) is 6.58. The van der Waals surface area contributed by atoms with Gasteiger partial charge in [0.2, 0.25) is 0 Å². The molecule has 0 N–H and O–H groups in total. The van der Waals surface area contributed by atoms with Crippen LogP contribution < -0.4 is 9.64 Å². The zero-order valence-corrected chi connectivity index (χ0v) is 20.5. The molecule has 1 amide bonds. The third-order valence-electron chi connectivity index (χ3n) is 6.58. The zero-order valence-electron chi connectivity index (χ0n) is 20.5. The number of morpholine rings is 1. The van der Waals surface area contributed by atoms with Crippen LogP contribution in [0.3, 0.4) is 0 Å². The van der Waals surface area contributed by atoms with Gasteiger partial charge in [0.25, 0.3) is 11.7 Å². The number of ketones is 1. The molecule has 2 aromatic rings. The maximum atomic E-state index is 12.8. The van der Waals surface area contributed by atoms with E-state index >= 15 is 0 Å². The van der Waals surface area contributed by atoms with Crippen molar-refractivity contribution in [3.05, 3.63) is 47.8 Å². The number of benzene rings is 1. The molecule has 0 atom stereocenters. The topological polar surface area (TPSA) is 67.2 Å². The van der Waals surface area contributed by atoms with Crippen molar-refractivity contribution in [2.75, 3.05) is 63.9 Å². The van der Waals surface area contributed by atoms with Crippen molar-refractivity contribution in [3.63, 3.8) is 0 Å². The van der Waals surface area contributed by atoms with Gasteiger partial charge >= 0.3 is 0 Å². The average molecular weight is 469 g/mol. The molecule has 0 bridgehead atoms. The number of nitrogens with zero attached hydrogens (tertiary/aromatic N) is 4. The Kier molecular flexibility index (Phi) is 7.90. The van der Waals surface area contributed by atoms with Crippen molar-refractivity contribution in [2.24, 2.45) is 7.05 Å². The molecule has 0 spiro atoms. The van der Waals surface area contributed by atoms with Gasteiger partial charge in [0, 0.05) is 65.0 Å². The quantitative estimate of drug-likeness (QED) is 0.437. The second-order valence-corrected chi connectivity index (χ2v) is 9.22. The minimum Gasteiger partial charge on any atom is -0.489 e. The summed E-state index contributed by atoms with van der Waals surface area (Å²) in [6.45, 7) is 10.8. The third kappa shape index (κ3) is 5.62. The standard InChI is InChI=1S/C26H36N4O4/c1-20(2)34-24-7-5-4-6-22(24)29-14-12-28(13-15-29)11-10-21-8-9-23(27(21)3)25(31)26(32)30-16-18-33-19-17-30/h4-9,20H,10-19H2,1-3H3. The van der Waals surface area contributed by atoms with Gasteiger partial charge in [-0.05, 0) is 38.1 Å². The molecule has 8 nitrogen and oxygen atoms in total. The number of aromatic nitrogens is 1. The Bertz CT molecular complexity index is 988. The van der Waals surface area contributed by atoms with Gasteiger partial charge in [0.15, 0.2) is 0 Å². The number of hydrogen-bond acceptors (Lipinski definition) is 6. The van der Waals surface area contributed by atoms with Crippen LogP contribution in [0.2, 0.25) is 0 Å². The fraction of sp³-hybridized carbons (Fsp3) is 0.538. The molecule has 3 heterocycles. The maximum absolute atomic E-state index is 12.8. The predicted molar refractivity (Wildman–Crippen MR) is 132 cm³/mol. The summed E-state index contributed by atoms with van der Waals surface area (Å²) in [5.41, 5.74) is 2.68. The summed E-state index contributed by atoms with van der Waals surface area (Å²) in [6.07, 6.45) is 0.983. The first-order valence-corrected chi connectivity index (χ1v) is 12.2.